The van der Waals surface area contributed by atoms with Gasteiger partial charge in [-0.1, -0.05) is 48.9 Å². The number of rotatable bonds is 5. The molecule has 138 valence electrons. The van der Waals surface area contributed by atoms with Gasteiger partial charge in [0.25, 0.3) is 10.2 Å². The predicted molar refractivity (Wildman–Crippen MR) is 102 cm³/mol. The van der Waals surface area contributed by atoms with E-state index >= 15 is 0 Å². The molecule has 0 spiro atoms. The molecule has 1 aromatic rings. The molecule has 25 heavy (non-hydrogen) atoms. The molecule has 6 heteroatoms. The van der Waals surface area contributed by atoms with Crippen LogP contribution < -0.4 is 0 Å². The smallest absolute Gasteiger partial charge is 0.282 e. The third-order valence-electron chi connectivity index (χ3n) is 4.99. The highest BCUT2D eigenvalue weighted by molar-refractivity contribution is 7.86. The quantitative estimate of drug-likeness (QED) is 0.807. The van der Waals surface area contributed by atoms with Crippen molar-refractivity contribution in [1.29, 1.82) is 0 Å². The monoisotopic (exact) mass is 363 g/mol. The van der Waals surface area contributed by atoms with E-state index in [0.717, 1.165) is 45.3 Å². The Balaban J connectivity index is 1.52. The number of nitrogens with zero attached hydrogens (tertiary/aromatic N) is 3. The second-order valence-corrected chi connectivity index (χ2v) is 8.76. The summed E-state index contributed by atoms with van der Waals surface area (Å²) in [6.07, 6.45) is 8.32. The normalized spacial score (nSPS) is 22.2. The summed E-state index contributed by atoms with van der Waals surface area (Å²) >= 11 is 0. The molecule has 0 N–H and O–H groups in total. The number of hydrogen-bond donors (Lipinski definition) is 0. The molecule has 0 radical (unpaired) electrons. The summed E-state index contributed by atoms with van der Waals surface area (Å²) in [4.78, 5) is 2.34. The summed E-state index contributed by atoms with van der Waals surface area (Å²) in [5, 5.41) is 0. The zero-order valence-electron chi connectivity index (χ0n) is 14.9. The van der Waals surface area contributed by atoms with Crippen LogP contribution in [0.25, 0.3) is 6.08 Å². The summed E-state index contributed by atoms with van der Waals surface area (Å²) in [7, 11) is -3.27. The molecule has 2 fully saturated rings. The molecule has 0 unspecified atom stereocenters. The van der Waals surface area contributed by atoms with Crippen LogP contribution in [0.1, 0.15) is 31.2 Å². The van der Waals surface area contributed by atoms with Crippen LogP contribution in [-0.4, -0.2) is 67.7 Å². The average molecular weight is 364 g/mol. The summed E-state index contributed by atoms with van der Waals surface area (Å²) < 4.78 is 29.0. The Morgan fingerprint density at radius 2 is 1.48 bits per heavy atom. The molecule has 0 aliphatic carbocycles. The van der Waals surface area contributed by atoms with Gasteiger partial charge in [-0.3, -0.25) is 4.90 Å². The van der Waals surface area contributed by atoms with Crippen molar-refractivity contribution >= 4 is 16.3 Å². The molecule has 3 rings (SSSR count). The fraction of sp³-hybridized carbons (Fsp3) is 0.579. The van der Waals surface area contributed by atoms with Crippen LogP contribution in [0.4, 0.5) is 0 Å². The largest absolute Gasteiger partial charge is 0.298 e. The Labute approximate surface area is 152 Å². The summed E-state index contributed by atoms with van der Waals surface area (Å²) in [6, 6.07) is 10.3. The lowest BCUT2D eigenvalue weighted by molar-refractivity contribution is 0.294. The van der Waals surface area contributed by atoms with Gasteiger partial charge in [0.05, 0.1) is 0 Å². The van der Waals surface area contributed by atoms with Gasteiger partial charge in [0.1, 0.15) is 0 Å². The number of benzene rings is 1. The lowest BCUT2D eigenvalue weighted by Gasteiger charge is -2.31. The first-order valence-electron chi connectivity index (χ1n) is 9.35. The minimum Gasteiger partial charge on any atom is -0.298 e. The molecule has 0 atom stereocenters. The molecule has 2 saturated heterocycles. The highest BCUT2D eigenvalue weighted by Crippen LogP contribution is 2.18. The fourth-order valence-electron chi connectivity index (χ4n) is 3.52. The third-order valence-corrected chi connectivity index (χ3v) is 7.02. The minimum atomic E-state index is -3.27. The van der Waals surface area contributed by atoms with Gasteiger partial charge < -0.3 is 0 Å². The predicted octanol–water partition coefficient (Wildman–Crippen LogP) is 2.44. The Kier molecular flexibility index (Phi) is 6.64. The van der Waals surface area contributed by atoms with Crippen LogP contribution in [0.15, 0.2) is 36.4 Å². The Morgan fingerprint density at radius 3 is 2.24 bits per heavy atom. The van der Waals surface area contributed by atoms with Gasteiger partial charge in [-0.15, -0.1) is 0 Å². The van der Waals surface area contributed by atoms with Crippen LogP contribution in [0.2, 0.25) is 0 Å². The van der Waals surface area contributed by atoms with Gasteiger partial charge in [0, 0.05) is 39.3 Å². The van der Waals surface area contributed by atoms with E-state index in [9.17, 15) is 8.42 Å². The van der Waals surface area contributed by atoms with Gasteiger partial charge in [-0.2, -0.15) is 17.0 Å². The van der Waals surface area contributed by atoms with E-state index in [0.29, 0.717) is 26.2 Å². The van der Waals surface area contributed by atoms with E-state index in [-0.39, 0.29) is 0 Å². The summed E-state index contributed by atoms with van der Waals surface area (Å²) in [5.74, 6) is 0. The Morgan fingerprint density at radius 1 is 0.800 bits per heavy atom. The van der Waals surface area contributed by atoms with Crippen molar-refractivity contribution in [1.82, 2.24) is 13.5 Å². The molecule has 2 heterocycles. The molecule has 0 saturated carbocycles. The first kappa shape index (κ1) is 18.6. The third kappa shape index (κ3) is 5.14. The van der Waals surface area contributed by atoms with E-state index in [1.165, 1.54) is 5.56 Å². The molecule has 0 bridgehead atoms. The maximum absolute atomic E-state index is 12.8. The fourth-order valence-corrected chi connectivity index (χ4v) is 5.24. The lowest BCUT2D eigenvalue weighted by atomic mass is 10.2. The van der Waals surface area contributed by atoms with Crippen molar-refractivity contribution in [2.45, 2.75) is 25.7 Å². The van der Waals surface area contributed by atoms with E-state index in [4.69, 9.17) is 0 Å². The van der Waals surface area contributed by atoms with Gasteiger partial charge >= 0.3 is 0 Å². The van der Waals surface area contributed by atoms with Gasteiger partial charge in [0.15, 0.2) is 0 Å². The van der Waals surface area contributed by atoms with Gasteiger partial charge in [-0.25, -0.2) is 0 Å². The highest BCUT2D eigenvalue weighted by atomic mass is 32.2. The summed E-state index contributed by atoms with van der Waals surface area (Å²) in [5.41, 5.74) is 1.20. The van der Waals surface area contributed by atoms with Crippen LogP contribution in [-0.2, 0) is 10.2 Å². The molecule has 2 aliphatic rings. The minimum absolute atomic E-state index is 0.595. The van der Waals surface area contributed by atoms with Crippen molar-refractivity contribution in [2.75, 3.05) is 45.8 Å². The molecule has 0 amide bonds. The topological polar surface area (TPSA) is 43.9 Å². The second-order valence-electron chi connectivity index (χ2n) is 6.83. The van der Waals surface area contributed by atoms with E-state index in [2.05, 4.69) is 29.2 Å². The van der Waals surface area contributed by atoms with Crippen molar-refractivity contribution in [3.8, 4) is 0 Å². The lowest BCUT2D eigenvalue weighted by Crippen LogP contribution is -2.47. The molecule has 1 aromatic carbocycles. The molecule has 2 aliphatic heterocycles. The molecule has 0 aromatic heterocycles. The first-order valence-corrected chi connectivity index (χ1v) is 10.7. The zero-order valence-corrected chi connectivity index (χ0v) is 15.7. The Hall–Kier alpha value is -1.21. The van der Waals surface area contributed by atoms with Crippen molar-refractivity contribution in [3.05, 3.63) is 42.0 Å². The van der Waals surface area contributed by atoms with Gasteiger partial charge in [-0.05, 0) is 31.4 Å². The van der Waals surface area contributed by atoms with E-state index < -0.39 is 10.2 Å². The van der Waals surface area contributed by atoms with Crippen molar-refractivity contribution < 1.29 is 8.42 Å². The zero-order chi connectivity index (χ0) is 17.5. The Bertz CT molecular complexity index is 655. The van der Waals surface area contributed by atoms with Gasteiger partial charge in [0.2, 0.25) is 0 Å². The van der Waals surface area contributed by atoms with Crippen LogP contribution in [0.5, 0.6) is 0 Å². The van der Waals surface area contributed by atoms with E-state index in [1.807, 2.05) is 18.2 Å². The van der Waals surface area contributed by atoms with Crippen molar-refractivity contribution in [2.24, 2.45) is 0 Å². The number of piperidine rings is 1. The van der Waals surface area contributed by atoms with E-state index in [1.54, 1.807) is 8.61 Å². The number of hydrogen-bond acceptors (Lipinski definition) is 3. The average Bonchev–Trinajstić information content (AvgIpc) is 2.90. The first-order chi connectivity index (χ1) is 12.2. The molecule has 5 nitrogen and oxygen atoms in total. The maximum atomic E-state index is 12.8. The SMILES string of the molecule is O=S(=O)(N1CCCCC1)N1CCCN(CC=Cc2ccccc2)CC1. The summed E-state index contributed by atoms with van der Waals surface area (Å²) in [6.45, 7) is 5.21. The van der Waals surface area contributed by atoms with Crippen LogP contribution >= 0.6 is 0 Å². The maximum Gasteiger partial charge on any atom is 0.282 e. The molecular formula is C19H29N3O2S. The standard InChI is InChI=1S/C19H29N3O2S/c23-25(24,21-14-5-2-6-15-21)22-16-8-13-20(17-18-22)12-7-11-19-9-3-1-4-10-19/h1,3-4,7,9-11H,2,5-6,8,12-18H2. The second kappa shape index (κ2) is 8.94. The molecular weight excluding hydrogens is 334 g/mol. The van der Waals surface area contributed by atoms with Crippen LogP contribution in [0.3, 0.4) is 0 Å². The highest BCUT2D eigenvalue weighted by Gasteiger charge is 2.31. The van der Waals surface area contributed by atoms with Crippen LogP contribution in [0, 0.1) is 0 Å². The van der Waals surface area contributed by atoms with Crippen molar-refractivity contribution in [3.63, 3.8) is 0 Å².